The molecule has 17 heavy (non-hydrogen) atoms. The topological polar surface area (TPSA) is 29.1 Å². The highest BCUT2D eigenvalue weighted by molar-refractivity contribution is 7.12. The lowest BCUT2D eigenvalue weighted by Crippen LogP contribution is -2.25. The normalized spacial score (nSPS) is 12.1. The lowest BCUT2D eigenvalue weighted by atomic mass is 10.1. The van der Waals surface area contributed by atoms with Crippen LogP contribution in [0.4, 0.5) is 0 Å². The quantitative estimate of drug-likeness (QED) is 0.880. The summed E-state index contributed by atoms with van der Waals surface area (Å²) in [6.45, 7) is 4.05. The molecule has 3 heteroatoms. The molecule has 0 bridgehead atoms. The summed E-state index contributed by atoms with van der Waals surface area (Å²) in [5.41, 5.74) is 2.35. The highest BCUT2D eigenvalue weighted by Gasteiger charge is 2.11. The maximum atomic E-state index is 11.9. The van der Waals surface area contributed by atoms with Gasteiger partial charge in [0, 0.05) is 0 Å². The van der Waals surface area contributed by atoms with E-state index in [-0.39, 0.29) is 11.9 Å². The van der Waals surface area contributed by atoms with Gasteiger partial charge < -0.3 is 5.32 Å². The summed E-state index contributed by atoms with van der Waals surface area (Å²) >= 11 is 1.46. The number of aryl methyl sites for hydroxylation is 1. The van der Waals surface area contributed by atoms with Crippen LogP contribution in [0.2, 0.25) is 0 Å². The van der Waals surface area contributed by atoms with Gasteiger partial charge in [0.25, 0.3) is 5.91 Å². The Hall–Kier alpha value is -1.61. The van der Waals surface area contributed by atoms with Crippen LogP contribution in [-0.2, 0) is 0 Å². The summed E-state index contributed by atoms with van der Waals surface area (Å²) in [6, 6.07) is 12.0. The van der Waals surface area contributed by atoms with E-state index in [1.165, 1.54) is 16.9 Å². The number of hydrogen-bond donors (Lipinski definition) is 1. The molecule has 0 aliphatic carbocycles. The Morgan fingerprint density at radius 2 is 1.94 bits per heavy atom. The Bertz CT molecular complexity index is 487. The van der Waals surface area contributed by atoms with Gasteiger partial charge in [0.1, 0.15) is 0 Å². The fraction of sp³-hybridized carbons (Fsp3) is 0.214. The molecule has 0 aliphatic rings. The molecule has 0 saturated carbocycles. The van der Waals surface area contributed by atoms with Gasteiger partial charge in [-0.3, -0.25) is 4.79 Å². The molecule has 1 aromatic heterocycles. The van der Waals surface area contributed by atoms with E-state index in [4.69, 9.17) is 0 Å². The van der Waals surface area contributed by atoms with Crippen molar-refractivity contribution in [2.24, 2.45) is 0 Å². The summed E-state index contributed by atoms with van der Waals surface area (Å²) in [7, 11) is 0. The molecule has 1 heterocycles. The minimum Gasteiger partial charge on any atom is -0.345 e. The van der Waals surface area contributed by atoms with Gasteiger partial charge in [0.2, 0.25) is 0 Å². The van der Waals surface area contributed by atoms with Crippen molar-refractivity contribution in [3.05, 3.63) is 57.8 Å². The van der Waals surface area contributed by atoms with Crippen LogP contribution in [0.1, 0.15) is 33.8 Å². The van der Waals surface area contributed by atoms with Gasteiger partial charge in [-0.15, -0.1) is 11.3 Å². The van der Waals surface area contributed by atoms with Crippen molar-refractivity contribution in [2.45, 2.75) is 19.9 Å². The van der Waals surface area contributed by atoms with E-state index in [9.17, 15) is 4.79 Å². The largest absolute Gasteiger partial charge is 0.345 e. The van der Waals surface area contributed by atoms with Gasteiger partial charge in [-0.25, -0.2) is 0 Å². The monoisotopic (exact) mass is 245 g/mol. The lowest BCUT2D eigenvalue weighted by molar-refractivity contribution is 0.0944. The maximum Gasteiger partial charge on any atom is 0.261 e. The fourth-order valence-electron chi connectivity index (χ4n) is 1.61. The molecule has 0 aliphatic heterocycles. The smallest absolute Gasteiger partial charge is 0.261 e. The predicted octanol–water partition coefficient (Wildman–Crippen LogP) is 3.55. The van der Waals surface area contributed by atoms with Crippen molar-refractivity contribution >= 4 is 17.2 Å². The second-order valence-electron chi connectivity index (χ2n) is 4.08. The van der Waals surface area contributed by atoms with E-state index in [2.05, 4.69) is 36.5 Å². The van der Waals surface area contributed by atoms with Crippen molar-refractivity contribution < 1.29 is 4.79 Å². The van der Waals surface area contributed by atoms with Crippen molar-refractivity contribution in [1.29, 1.82) is 0 Å². The third-order valence-corrected chi connectivity index (χ3v) is 3.54. The van der Waals surface area contributed by atoms with Crippen LogP contribution in [0, 0.1) is 6.92 Å². The van der Waals surface area contributed by atoms with Gasteiger partial charge in [-0.05, 0) is 30.9 Å². The highest BCUT2D eigenvalue weighted by atomic mass is 32.1. The van der Waals surface area contributed by atoms with Gasteiger partial charge in [0.05, 0.1) is 10.9 Å². The molecule has 0 radical (unpaired) electrons. The standard InChI is InChI=1S/C14H15NOS/c1-10-5-7-12(8-6-10)11(2)15-14(16)13-4-3-9-17-13/h3-9,11H,1-2H3,(H,15,16)/t11-/m1/s1. The van der Waals surface area contributed by atoms with Gasteiger partial charge in [0.15, 0.2) is 0 Å². The number of amides is 1. The first kappa shape index (κ1) is 11.9. The van der Waals surface area contributed by atoms with Crippen LogP contribution in [0.5, 0.6) is 0 Å². The molecule has 1 amide bonds. The summed E-state index contributed by atoms with van der Waals surface area (Å²) in [5.74, 6) is -0.00641. The Kier molecular flexibility index (Phi) is 3.59. The first-order chi connectivity index (χ1) is 8.16. The number of thiophene rings is 1. The van der Waals surface area contributed by atoms with E-state index < -0.39 is 0 Å². The van der Waals surface area contributed by atoms with Crippen LogP contribution in [0.15, 0.2) is 41.8 Å². The number of carbonyl (C=O) groups excluding carboxylic acids is 1. The van der Waals surface area contributed by atoms with E-state index in [0.717, 1.165) is 10.4 Å². The van der Waals surface area contributed by atoms with Crippen molar-refractivity contribution in [1.82, 2.24) is 5.32 Å². The SMILES string of the molecule is Cc1ccc([C@@H](C)NC(=O)c2cccs2)cc1. The van der Waals surface area contributed by atoms with Crippen LogP contribution in [0.3, 0.4) is 0 Å². The van der Waals surface area contributed by atoms with Crippen molar-refractivity contribution in [2.75, 3.05) is 0 Å². The molecule has 0 fully saturated rings. The average molecular weight is 245 g/mol. The zero-order valence-electron chi connectivity index (χ0n) is 9.94. The number of carbonyl (C=O) groups is 1. The molecular formula is C14H15NOS. The second kappa shape index (κ2) is 5.15. The Morgan fingerprint density at radius 3 is 2.53 bits per heavy atom. The lowest BCUT2D eigenvalue weighted by Gasteiger charge is -2.13. The van der Waals surface area contributed by atoms with E-state index >= 15 is 0 Å². The summed E-state index contributed by atoms with van der Waals surface area (Å²) in [5, 5.41) is 4.90. The molecule has 0 unspecified atom stereocenters. The Balaban J connectivity index is 2.04. The number of benzene rings is 1. The fourth-order valence-corrected chi connectivity index (χ4v) is 2.24. The van der Waals surface area contributed by atoms with Gasteiger partial charge >= 0.3 is 0 Å². The average Bonchev–Trinajstić information content (AvgIpc) is 2.83. The summed E-state index contributed by atoms with van der Waals surface area (Å²) in [4.78, 5) is 12.6. The minimum atomic E-state index is -0.00641. The van der Waals surface area contributed by atoms with Crippen LogP contribution in [0.25, 0.3) is 0 Å². The zero-order valence-corrected chi connectivity index (χ0v) is 10.8. The van der Waals surface area contributed by atoms with Crippen LogP contribution in [-0.4, -0.2) is 5.91 Å². The third-order valence-electron chi connectivity index (χ3n) is 2.67. The van der Waals surface area contributed by atoms with E-state index in [1.807, 2.05) is 24.4 Å². The molecule has 2 nitrogen and oxygen atoms in total. The Labute approximate surface area is 105 Å². The van der Waals surface area contributed by atoms with Crippen molar-refractivity contribution in [3.8, 4) is 0 Å². The first-order valence-electron chi connectivity index (χ1n) is 5.58. The molecule has 1 atom stereocenters. The molecule has 1 aromatic carbocycles. The molecule has 0 spiro atoms. The maximum absolute atomic E-state index is 11.9. The molecule has 1 N–H and O–H groups in total. The molecule has 2 rings (SSSR count). The predicted molar refractivity (Wildman–Crippen MR) is 71.4 cm³/mol. The third kappa shape index (κ3) is 2.94. The van der Waals surface area contributed by atoms with Crippen LogP contribution < -0.4 is 5.32 Å². The Morgan fingerprint density at radius 1 is 1.24 bits per heavy atom. The van der Waals surface area contributed by atoms with Crippen LogP contribution >= 0.6 is 11.3 Å². The van der Waals surface area contributed by atoms with E-state index in [1.54, 1.807) is 0 Å². The molecule has 0 saturated heterocycles. The molecule has 2 aromatic rings. The number of hydrogen-bond acceptors (Lipinski definition) is 2. The summed E-state index contributed by atoms with van der Waals surface area (Å²) < 4.78 is 0. The molecule has 88 valence electrons. The minimum absolute atomic E-state index is 0.00641. The molecular weight excluding hydrogens is 230 g/mol. The van der Waals surface area contributed by atoms with Crippen molar-refractivity contribution in [3.63, 3.8) is 0 Å². The number of nitrogens with one attached hydrogen (secondary N) is 1. The number of rotatable bonds is 3. The van der Waals surface area contributed by atoms with Gasteiger partial charge in [-0.2, -0.15) is 0 Å². The second-order valence-corrected chi connectivity index (χ2v) is 5.03. The summed E-state index contributed by atoms with van der Waals surface area (Å²) in [6.07, 6.45) is 0. The zero-order chi connectivity index (χ0) is 12.3. The van der Waals surface area contributed by atoms with E-state index in [0.29, 0.717) is 0 Å². The highest BCUT2D eigenvalue weighted by Crippen LogP contribution is 2.15. The first-order valence-corrected chi connectivity index (χ1v) is 6.46. The van der Waals surface area contributed by atoms with Gasteiger partial charge in [-0.1, -0.05) is 35.9 Å².